The molecule has 8 heteroatoms. The van der Waals surface area contributed by atoms with Gasteiger partial charge in [-0.3, -0.25) is 4.90 Å². The highest BCUT2D eigenvalue weighted by Crippen LogP contribution is 2.32. The summed E-state index contributed by atoms with van der Waals surface area (Å²) in [5, 5.41) is 6.74. The van der Waals surface area contributed by atoms with Crippen LogP contribution in [-0.2, 0) is 11.3 Å². The van der Waals surface area contributed by atoms with Crippen LogP contribution >= 0.6 is 24.0 Å². The Morgan fingerprint density at radius 2 is 1.89 bits per heavy atom. The molecule has 0 aliphatic carbocycles. The summed E-state index contributed by atoms with van der Waals surface area (Å²) in [5.41, 5.74) is 1.10. The van der Waals surface area contributed by atoms with Gasteiger partial charge in [0.15, 0.2) is 17.5 Å². The number of morpholine rings is 1. The zero-order chi connectivity index (χ0) is 19.1. The molecule has 0 amide bonds. The molecule has 2 N–H and O–H groups in total. The molecule has 1 fully saturated rings. The van der Waals surface area contributed by atoms with Crippen molar-refractivity contribution in [1.29, 1.82) is 0 Å². The highest BCUT2D eigenvalue weighted by Gasteiger charge is 2.21. The molecule has 0 bridgehead atoms. The molecule has 1 saturated heterocycles. The van der Waals surface area contributed by atoms with Gasteiger partial charge in [-0.15, -0.1) is 24.0 Å². The van der Waals surface area contributed by atoms with Crippen molar-refractivity contribution in [1.82, 2.24) is 15.5 Å². The van der Waals surface area contributed by atoms with Gasteiger partial charge < -0.3 is 24.8 Å². The first kappa shape index (κ1) is 23.0. The van der Waals surface area contributed by atoms with Gasteiger partial charge in [0.05, 0.1) is 18.8 Å². The number of ether oxygens (including phenoxy) is 3. The molecule has 0 radical (unpaired) electrons. The van der Waals surface area contributed by atoms with Crippen molar-refractivity contribution in [2.45, 2.75) is 45.9 Å². The molecule has 3 rings (SSSR count). The second-order valence-electron chi connectivity index (χ2n) is 7.18. The minimum atomic E-state index is 0. The molecule has 0 aromatic heterocycles. The minimum absolute atomic E-state index is 0. The van der Waals surface area contributed by atoms with Gasteiger partial charge in [-0.2, -0.15) is 0 Å². The zero-order valence-electron chi connectivity index (χ0n) is 17.1. The van der Waals surface area contributed by atoms with Crippen LogP contribution in [0.1, 0.15) is 32.8 Å². The van der Waals surface area contributed by atoms with Crippen LogP contribution in [0.2, 0.25) is 0 Å². The number of halogens is 1. The lowest BCUT2D eigenvalue weighted by Crippen LogP contribution is -2.46. The summed E-state index contributed by atoms with van der Waals surface area (Å²) in [5.74, 6) is 2.45. The number of aliphatic imine (C=N–C) groups is 1. The highest BCUT2D eigenvalue weighted by atomic mass is 127. The summed E-state index contributed by atoms with van der Waals surface area (Å²) < 4.78 is 16.6. The first-order valence-electron chi connectivity index (χ1n) is 9.92. The largest absolute Gasteiger partial charge is 0.454 e. The van der Waals surface area contributed by atoms with E-state index in [9.17, 15) is 0 Å². The van der Waals surface area contributed by atoms with Crippen molar-refractivity contribution in [3.05, 3.63) is 23.8 Å². The monoisotopic (exact) mass is 504 g/mol. The molecule has 2 unspecified atom stereocenters. The highest BCUT2D eigenvalue weighted by molar-refractivity contribution is 14.0. The fourth-order valence-electron chi connectivity index (χ4n) is 3.53. The summed E-state index contributed by atoms with van der Waals surface area (Å²) in [7, 11) is 0. The van der Waals surface area contributed by atoms with Crippen LogP contribution in [0.3, 0.4) is 0 Å². The van der Waals surface area contributed by atoms with E-state index in [4.69, 9.17) is 14.2 Å². The van der Waals surface area contributed by atoms with Crippen LogP contribution in [-0.4, -0.2) is 62.6 Å². The normalized spacial score (nSPS) is 21.9. The van der Waals surface area contributed by atoms with Crippen LogP contribution in [0.5, 0.6) is 11.5 Å². The Morgan fingerprint density at radius 1 is 1.14 bits per heavy atom. The average Bonchev–Trinajstić information content (AvgIpc) is 3.10. The Labute approximate surface area is 185 Å². The van der Waals surface area contributed by atoms with Crippen molar-refractivity contribution in [2.75, 3.05) is 39.5 Å². The summed E-state index contributed by atoms with van der Waals surface area (Å²) in [4.78, 5) is 7.17. The third-order valence-electron chi connectivity index (χ3n) is 4.64. The topological polar surface area (TPSA) is 67.4 Å². The summed E-state index contributed by atoms with van der Waals surface area (Å²) in [6.07, 6.45) is 1.72. The lowest BCUT2D eigenvalue weighted by atomic mass is 10.2. The number of nitrogens with one attached hydrogen (secondary N) is 2. The maximum absolute atomic E-state index is 5.79. The summed E-state index contributed by atoms with van der Waals surface area (Å²) >= 11 is 0. The number of nitrogens with zero attached hydrogens (tertiary/aromatic N) is 2. The van der Waals surface area contributed by atoms with Crippen molar-refractivity contribution >= 4 is 29.9 Å². The van der Waals surface area contributed by atoms with Crippen molar-refractivity contribution in [3.63, 3.8) is 0 Å². The molecule has 2 heterocycles. The van der Waals surface area contributed by atoms with Gasteiger partial charge in [-0.1, -0.05) is 6.07 Å². The maximum Gasteiger partial charge on any atom is 0.231 e. The molecule has 1 aromatic carbocycles. The van der Waals surface area contributed by atoms with E-state index >= 15 is 0 Å². The Bertz CT molecular complexity index is 634. The van der Waals surface area contributed by atoms with E-state index in [0.29, 0.717) is 25.5 Å². The molecule has 28 heavy (non-hydrogen) atoms. The number of guanidine groups is 1. The molecule has 2 aliphatic rings. The standard InChI is InChI=1S/C20H32N4O3.HI/c1-4-21-20(22-8-5-9-24-12-15(2)27-16(3)13-24)23-11-17-6-7-18-19(10-17)26-14-25-18;/h6-7,10,15-16H,4-5,8-9,11-14H2,1-3H3,(H2,21,22,23);1H. The molecular weight excluding hydrogens is 471 g/mol. The van der Waals surface area contributed by atoms with Gasteiger partial charge in [0, 0.05) is 32.7 Å². The van der Waals surface area contributed by atoms with Crippen LogP contribution in [0, 0.1) is 0 Å². The second-order valence-corrected chi connectivity index (χ2v) is 7.18. The third-order valence-corrected chi connectivity index (χ3v) is 4.64. The number of hydrogen-bond acceptors (Lipinski definition) is 5. The maximum atomic E-state index is 5.79. The summed E-state index contributed by atoms with van der Waals surface area (Å²) in [6.45, 7) is 12.1. The van der Waals surface area contributed by atoms with Crippen molar-refractivity contribution in [3.8, 4) is 11.5 Å². The Hall–Kier alpha value is -1.26. The number of fused-ring (bicyclic) bond motifs is 1. The first-order valence-corrected chi connectivity index (χ1v) is 9.92. The smallest absolute Gasteiger partial charge is 0.231 e. The molecule has 2 atom stereocenters. The van der Waals surface area contributed by atoms with Gasteiger partial charge >= 0.3 is 0 Å². The quantitative estimate of drug-likeness (QED) is 0.258. The van der Waals surface area contributed by atoms with Crippen LogP contribution in [0.15, 0.2) is 23.2 Å². The Morgan fingerprint density at radius 3 is 2.64 bits per heavy atom. The molecule has 2 aliphatic heterocycles. The molecule has 0 saturated carbocycles. The second kappa shape index (κ2) is 11.7. The molecule has 158 valence electrons. The van der Waals surface area contributed by atoms with Crippen molar-refractivity contribution < 1.29 is 14.2 Å². The molecule has 1 aromatic rings. The van der Waals surface area contributed by atoms with Gasteiger partial charge in [-0.25, -0.2) is 4.99 Å². The predicted octanol–water partition coefficient (Wildman–Crippen LogP) is 2.59. The SMILES string of the molecule is CCNC(=NCc1ccc2c(c1)OCO2)NCCCN1CC(C)OC(C)C1.I. The Kier molecular flexibility index (Phi) is 9.60. The number of hydrogen-bond donors (Lipinski definition) is 2. The van der Waals surface area contributed by atoms with Crippen molar-refractivity contribution in [2.24, 2.45) is 4.99 Å². The van der Waals surface area contributed by atoms with Crippen LogP contribution in [0.4, 0.5) is 0 Å². The number of rotatable bonds is 7. The lowest BCUT2D eigenvalue weighted by Gasteiger charge is -2.35. The molecule has 0 spiro atoms. The zero-order valence-corrected chi connectivity index (χ0v) is 19.4. The van der Waals surface area contributed by atoms with Gasteiger partial charge in [0.1, 0.15) is 0 Å². The predicted molar refractivity (Wildman–Crippen MR) is 122 cm³/mol. The van der Waals surface area contributed by atoms with Gasteiger partial charge in [0.25, 0.3) is 0 Å². The fourth-order valence-corrected chi connectivity index (χ4v) is 3.53. The first-order chi connectivity index (χ1) is 13.1. The van der Waals surface area contributed by atoms with Crippen LogP contribution < -0.4 is 20.1 Å². The third kappa shape index (κ3) is 6.97. The van der Waals surface area contributed by atoms with E-state index in [2.05, 4.69) is 41.3 Å². The van der Waals surface area contributed by atoms with Gasteiger partial charge in [-0.05, 0) is 44.9 Å². The van der Waals surface area contributed by atoms with Gasteiger partial charge in [0.2, 0.25) is 6.79 Å². The van der Waals surface area contributed by atoms with E-state index in [1.165, 1.54) is 0 Å². The van der Waals surface area contributed by atoms with E-state index in [0.717, 1.165) is 62.2 Å². The van der Waals surface area contributed by atoms with Crippen LogP contribution in [0.25, 0.3) is 0 Å². The van der Waals surface area contributed by atoms with E-state index in [1.807, 2.05) is 18.2 Å². The number of benzene rings is 1. The Balaban J connectivity index is 0.00000280. The minimum Gasteiger partial charge on any atom is -0.454 e. The fraction of sp³-hybridized carbons (Fsp3) is 0.650. The molecular formula is C20H33IN4O3. The average molecular weight is 504 g/mol. The summed E-state index contributed by atoms with van der Waals surface area (Å²) in [6, 6.07) is 5.97. The van der Waals surface area contributed by atoms with E-state index in [-0.39, 0.29) is 24.0 Å². The molecule has 7 nitrogen and oxygen atoms in total. The van der Waals surface area contributed by atoms with E-state index in [1.54, 1.807) is 0 Å². The lowest BCUT2D eigenvalue weighted by molar-refractivity contribution is -0.0679. The van der Waals surface area contributed by atoms with E-state index < -0.39 is 0 Å².